The molecule has 0 aliphatic carbocycles. The van der Waals surface area contributed by atoms with E-state index in [0.29, 0.717) is 12.1 Å². The summed E-state index contributed by atoms with van der Waals surface area (Å²) in [6.07, 6.45) is 3.43. The molecule has 0 saturated heterocycles. The monoisotopic (exact) mass is 338 g/mol. The van der Waals surface area contributed by atoms with E-state index in [2.05, 4.69) is 32.9 Å². The van der Waals surface area contributed by atoms with Crippen molar-refractivity contribution in [3.05, 3.63) is 63.5 Å². The number of amides is 1. The van der Waals surface area contributed by atoms with Gasteiger partial charge >= 0.3 is 0 Å². The molecule has 1 aromatic heterocycles. The maximum atomic E-state index is 11.8. The summed E-state index contributed by atoms with van der Waals surface area (Å²) in [6, 6.07) is 11.3. The summed E-state index contributed by atoms with van der Waals surface area (Å²) in [5.74, 6) is -0.0553. The standard InChI is InChI=1S/C13H11IN2O/c14-12-3-1-2-11(8-12)13(17)16-9-10-4-6-15-7-5-10/h1-8H,9H2,(H,16,17). The van der Waals surface area contributed by atoms with Crippen molar-refractivity contribution in [3.63, 3.8) is 0 Å². The van der Waals surface area contributed by atoms with Crippen LogP contribution in [0.15, 0.2) is 48.8 Å². The molecule has 17 heavy (non-hydrogen) atoms. The zero-order chi connectivity index (χ0) is 12.1. The molecule has 4 heteroatoms. The topological polar surface area (TPSA) is 42.0 Å². The van der Waals surface area contributed by atoms with Crippen molar-refractivity contribution in [2.45, 2.75) is 6.54 Å². The first kappa shape index (κ1) is 12.0. The van der Waals surface area contributed by atoms with E-state index < -0.39 is 0 Å². The quantitative estimate of drug-likeness (QED) is 0.875. The zero-order valence-electron chi connectivity index (χ0n) is 9.06. The molecule has 0 radical (unpaired) electrons. The SMILES string of the molecule is O=C(NCc1ccncc1)c1cccc(I)c1. The number of hydrogen-bond acceptors (Lipinski definition) is 2. The minimum Gasteiger partial charge on any atom is -0.348 e. The molecule has 0 spiro atoms. The summed E-state index contributed by atoms with van der Waals surface area (Å²) in [6.45, 7) is 0.521. The van der Waals surface area contributed by atoms with Gasteiger partial charge in [-0.2, -0.15) is 0 Å². The van der Waals surface area contributed by atoms with Gasteiger partial charge in [0.1, 0.15) is 0 Å². The van der Waals surface area contributed by atoms with Gasteiger partial charge in [0.25, 0.3) is 5.91 Å². The van der Waals surface area contributed by atoms with Gasteiger partial charge in [-0.3, -0.25) is 9.78 Å². The Labute approximate surface area is 113 Å². The third kappa shape index (κ3) is 3.52. The van der Waals surface area contributed by atoms with Gasteiger partial charge in [-0.15, -0.1) is 0 Å². The van der Waals surface area contributed by atoms with Gasteiger partial charge < -0.3 is 5.32 Å². The molecule has 86 valence electrons. The largest absolute Gasteiger partial charge is 0.348 e. The van der Waals surface area contributed by atoms with Crippen molar-refractivity contribution in [2.75, 3.05) is 0 Å². The van der Waals surface area contributed by atoms with Gasteiger partial charge in [0, 0.05) is 28.1 Å². The van der Waals surface area contributed by atoms with Crippen LogP contribution in [0.2, 0.25) is 0 Å². The lowest BCUT2D eigenvalue weighted by Gasteiger charge is -2.05. The van der Waals surface area contributed by atoms with Gasteiger partial charge in [-0.05, 0) is 58.5 Å². The number of carbonyl (C=O) groups is 1. The molecule has 0 atom stereocenters. The predicted octanol–water partition coefficient (Wildman–Crippen LogP) is 2.62. The Morgan fingerprint density at radius 3 is 2.71 bits per heavy atom. The fraction of sp³-hybridized carbons (Fsp3) is 0.0769. The van der Waals surface area contributed by atoms with Crippen molar-refractivity contribution in [2.24, 2.45) is 0 Å². The Morgan fingerprint density at radius 1 is 1.24 bits per heavy atom. The van der Waals surface area contributed by atoms with Crippen LogP contribution in [-0.2, 0) is 6.54 Å². The van der Waals surface area contributed by atoms with Crippen LogP contribution in [0.3, 0.4) is 0 Å². The summed E-state index contributed by atoms with van der Waals surface area (Å²) in [5.41, 5.74) is 1.73. The van der Waals surface area contributed by atoms with Crippen molar-refractivity contribution >= 4 is 28.5 Å². The lowest BCUT2D eigenvalue weighted by atomic mass is 10.2. The fourth-order valence-corrected chi connectivity index (χ4v) is 1.96. The molecule has 0 saturated carbocycles. The minimum atomic E-state index is -0.0553. The maximum absolute atomic E-state index is 11.8. The normalized spacial score (nSPS) is 9.94. The van der Waals surface area contributed by atoms with Crippen molar-refractivity contribution in [1.29, 1.82) is 0 Å². The second-order valence-electron chi connectivity index (χ2n) is 3.55. The van der Waals surface area contributed by atoms with E-state index in [-0.39, 0.29) is 5.91 Å². The van der Waals surface area contributed by atoms with E-state index in [0.717, 1.165) is 9.13 Å². The van der Waals surface area contributed by atoms with Crippen LogP contribution >= 0.6 is 22.6 Å². The highest BCUT2D eigenvalue weighted by molar-refractivity contribution is 14.1. The van der Waals surface area contributed by atoms with Crippen molar-refractivity contribution in [3.8, 4) is 0 Å². The number of aromatic nitrogens is 1. The van der Waals surface area contributed by atoms with Crippen LogP contribution in [0.25, 0.3) is 0 Å². The molecule has 1 amide bonds. The number of halogens is 1. The van der Waals surface area contributed by atoms with Gasteiger partial charge in [0.15, 0.2) is 0 Å². The van der Waals surface area contributed by atoms with Crippen LogP contribution in [-0.4, -0.2) is 10.9 Å². The number of nitrogens with zero attached hydrogens (tertiary/aromatic N) is 1. The molecule has 2 rings (SSSR count). The van der Waals surface area contributed by atoms with Crippen LogP contribution in [0, 0.1) is 3.57 Å². The Kier molecular flexibility index (Phi) is 4.08. The van der Waals surface area contributed by atoms with E-state index in [9.17, 15) is 4.79 Å². The maximum Gasteiger partial charge on any atom is 0.251 e. The third-order valence-corrected chi connectivity index (χ3v) is 2.96. The van der Waals surface area contributed by atoms with Gasteiger partial charge in [0.05, 0.1) is 0 Å². The molecule has 0 fully saturated rings. The molecule has 1 heterocycles. The molecule has 2 aromatic rings. The van der Waals surface area contributed by atoms with E-state index >= 15 is 0 Å². The minimum absolute atomic E-state index is 0.0553. The van der Waals surface area contributed by atoms with Crippen LogP contribution in [0.5, 0.6) is 0 Å². The summed E-state index contributed by atoms with van der Waals surface area (Å²) in [5, 5.41) is 2.87. The molecular weight excluding hydrogens is 327 g/mol. The Morgan fingerprint density at radius 2 is 2.00 bits per heavy atom. The average Bonchev–Trinajstić information content (AvgIpc) is 2.37. The van der Waals surface area contributed by atoms with Gasteiger partial charge in [-0.25, -0.2) is 0 Å². The molecule has 0 bridgehead atoms. The predicted molar refractivity (Wildman–Crippen MR) is 74.6 cm³/mol. The molecular formula is C13H11IN2O. The van der Waals surface area contributed by atoms with Crippen LogP contribution < -0.4 is 5.32 Å². The average molecular weight is 338 g/mol. The highest BCUT2D eigenvalue weighted by Gasteiger charge is 2.04. The van der Waals surface area contributed by atoms with Gasteiger partial charge in [0.2, 0.25) is 0 Å². The van der Waals surface area contributed by atoms with Crippen LogP contribution in [0.4, 0.5) is 0 Å². The second kappa shape index (κ2) is 5.77. The fourth-order valence-electron chi connectivity index (χ4n) is 1.41. The summed E-state index contributed by atoms with van der Waals surface area (Å²) < 4.78 is 1.05. The molecule has 1 aromatic carbocycles. The number of hydrogen-bond donors (Lipinski definition) is 1. The van der Waals surface area contributed by atoms with Crippen molar-refractivity contribution in [1.82, 2.24) is 10.3 Å². The van der Waals surface area contributed by atoms with E-state index in [1.165, 1.54) is 0 Å². The molecule has 0 unspecified atom stereocenters. The lowest BCUT2D eigenvalue weighted by Crippen LogP contribution is -2.22. The first-order valence-corrected chi connectivity index (χ1v) is 6.26. The van der Waals surface area contributed by atoms with E-state index in [1.807, 2.05) is 36.4 Å². The summed E-state index contributed by atoms with van der Waals surface area (Å²) >= 11 is 2.19. The Hall–Kier alpha value is -1.43. The van der Waals surface area contributed by atoms with E-state index in [1.54, 1.807) is 12.4 Å². The first-order valence-electron chi connectivity index (χ1n) is 5.18. The molecule has 0 aliphatic rings. The summed E-state index contributed by atoms with van der Waals surface area (Å²) in [4.78, 5) is 15.8. The Balaban J connectivity index is 1.98. The van der Waals surface area contributed by atoms with E-state index in [4.69, 9.17) is 0 Å². The number of nitrogens with one attached hydrogen (secondary N) is 1. The molecule has 3 nitrogen and oxygen atoms in total. The van der Waals surface area contributed by atoms with Gasteiger partial charge in [-0.1, -0.05) is 6.07 Å². The number of benzene rings is 1. The molecule has 0 aliphatic heterocycles. The Bertz CT molecular complexity index is 514. The van der Waals surface area contributed by atoms with Crippen LogP contribution in [0.1, 0.15) is 15.9 Å². The van der Waals surface area contributed by atoms with Crippen molar-refractivity contribution < 1.29 is 4.79 Å². The first-order chi connectivity index (χ1) is 8.25. The smallest absolute Gasteiger partial charge is 0.251 e. The lowest BCUT2D eigenvalue weighted by molar-refractivity contribution is 0.0951. The third-order valence-electron chi connectivity index (χ3n) is 2.29. The zero-order valence-corrected chi connectivity index (χ0v) is 11.2. The molecule has 1 N–H and O–H groups in total. The number of pyridine rings is 1. The highest BCUT2D eigenvalue weighted by atomic mass is 127. The highest BCUT2D eigenvalue weighted by Crippen LogP contribution is 2.07. The number of carbonyl (C=O) groups excluding carboxylic acids is 1. The second-order valence-corrected chi connectivity index (χ2v) is 4.79. The number of rotatable bonds is 3. The summed E-state index contributed by atoms with van der Waals surface area (Å²) in [7, 11) is 0.